The Hall–Kier alpha value is -1.77. The molecule has 1 aliphatic carbocycles. The quantitative estimate of drug-likeness (QED) is 0.561. The van der Waals surface area contributed by atoms with Crippen LogP contribution in [0.4, 0.5) is 0 Å². The van der Waals surface area contributed by atoms with Crippen LogP contribution < -0.4 is 5.56 Å². The summed E-state index contributed by atoms with van der Waals surface area (Å²) >= 11 is 1.22. The Morgan fingerprint density at radius 1 is 1.29 bits per heavy atom. The third-order valence-corrected chi connectivity index (χ3v) is 6.73. The van der Waals surface area contributed by atoms with Gasteiger partial charge in [0.2, 0.25) is 0 Å². The molecule has 0 unspecified atom stereocenters. The van der Waals surface area contributed by atoms with E-state index in [0.29, 0.717) is 45.7 Å². The number of esters is 1. The van der Waals surface area contributed by atoms with Gasteiger partial charge in [0, 0.05) is 13.2 Å². The topological polar surface area (TPSA) is 84.5 Å². The lowest BCUT2D eigenvalue weighted by molar-refractivity contribution is 0.0393. The number of aryl methyl sites for hydroxylation is 1. The van der Waals surface area contributed by atoms with Gasteiger partial charge in [-0.25, -0.2) is 9.78 Å². The molecule has 0 radical (unpaired) electrons. The van der Waals surface area contributed by atoms with Crippen molar-refractivity contribution in [2.45, 2.75) is 52.1 Å². The van der Waals surface area contributed by atoms with Crippen LogP contribution in [-0.2, 0) is 16.0 Å². The SMILES string of the molecule is COCCOC(=O)c1sc2nc(CN(C)C3CCC(C)CC3)[nH]c(=O)c2c1C. The monoisotopic (exact) mass is 407 g/mol. The fourth-order valence-corrected chi connectivity index (χ4v) is 4.88. The van der Waals surface area contributed by atoms with E-state index in [-0.39, 0.29) is 12.2 Å². The molecule has 0 atom stereocenters. The van der Waals surface area contributed by atoms with E-state index in [1.54, 1.807) is 14.0 Å². The van der Waals surface area contributed by atoms with Crippen LogP contribution in [0.25, 0.3) is 10.2 Å². The smallest absolute Gasteiger partial charge is 0.348 e. The van der Waals surface area contributed by atoms with E-state index in [0.717, 1.165) is 5.92 Å². The zero-order valence-electron chi connectivity index (χ0n) is 17.0. The molecule has 1 aliphatic rings. The lowest BCUT2D eigenvalue weighted by Crippen LogP contribution is -2.35. The molecule has 154 valence electrons. The normalized spacial score (nSPS) is 20.0. The summed E-state index contributed by atoms with van der Waals surface area (Å²) in [6.07, 6.45) is 4.85. The molecule has 28 heavy (non-hydrogen) atoms. The zero-order valence-corrected chi connectivity index (χ0v) is 17.9. The fourth-order valence-electron chi connectivity index (χ4n) is 3.79. The molecule has 0 spiro atoms. The number of carbonyl (C=O) groups is 1. The highest BCUT2D eigenvalue weighted by molar-refractivity contribution is 7.20. The van der Waals surface area contributed by atoms with Gasteiger partial charge in [-0.05, 0) is 51.1 Å². The number of H-pyrrole nitrogens is 1. The van der Waals surface area contributed by atoms with Gasteiger partial charge in [0.1, 0.15) is 22.1 Å². The number of nitrogens with zero attached hydrogens (tertiary/aromatic N) is 2. The molecule has 2 aromatic rings. The van der Waals surface area contributed by atoms with Gasteiger partial charge in [0.25, 0.3) is 5.56 Å². The van der Waals surface area contributed by atoms with Crippen molar-refractivity contribution in [3.63, 3.8) is 0 Å². The first-order valence-corrected chi connectivity index (χ1v) is 10.6. The number of methoxy groups -OCH3 is 1. The average Bonchev–Trinajstić information content (AvgIpc) is 2.99. The number of aromatic amines is 1. The van der Waals surface area contributed by atoms with Crippen LogP contribution in [0.15, 0.2) is 4.79 Å². The van der Waals surface area contributed by atoms with E-state index < -0.39 is 5.97 Å². The molecule has 0 aromatic carbocycles. The van der Waals surface area contributed by atoms with Crippen LogP contribution in [0.1, 0.15) is 53.7 Å². The Balaban J connectivity index is 1.78. The maximum absolute atomic E-state index is 12.6. The standard InChI is InChI=1S/C20H29N3O4S/c1-12-5-7-14(8-6-12)23(3)11-15-21-18(24)16-13(2)17(28-19(16)22-15)20(25)27-10-9-26-4/h12,14H,5-11H2,1-4H3,(H,21,22,24). The van der Waals surface area contributed by atoms with Crippen LogP contribution in [0.5, 0.6) is 0 Å². The third kappa shape index (κ3) is 4.61. The van der Waals surface area contributed by atoms with Gasteiger partial charge in [0.15, 0.2) is 0 Å². The van der Waals surface area contributed by atoms with Crippen LogP contribution >= 0.6 is 11.3 Å². The summed E-state index contributed by atoms with van der Waals surface area (Å²) in [6.45, 7) is 5.18. The van der Waals surface area contributed by atoms with Gasteiger partial charge in [0.05, 0.1) is 18.5 Å². The first-order chi connectivity index (χ1) is 13.4. The number of aromatic nitrogens is 2. The summed E-state index contributed by atoms with van der Waals surface area (Å²) < 4.78 is 10.1. The molecule has 0 bridgehead atoms. The van der Waals surface area contributed by atoms with Gasteiger partial charge < -0.3 is 14.5 Å². The van der Waals surface area contributed by atoms with Crippen molar-refractivity contribution in [1.29, 1.82) is 0 Å². The minimum atomic E-state index is -0.438. The number of thiophene rings is 1. The lowest BCUT2D eigenvalue weighted by Gasteiger charge is -2.33. The average molecular weight is 408 g/mol. The van der Waals surface area contributed by atoms with E-state index in [2.05, 4.69) is 28.8 Å². The van der Waals surface area contributed by atoms with E-state index in [1.807, 2.05) is 0 Å². The van der Waals surface area contributed by atoms with E-state index in [1.165, 1.54) is 37.0 Å². The second-order valence-corrected chi connectivity index (χ2v) is 8.71. The number of carbonyl (C=O) groups excluding carboxylic acids is 1. The van der Waals surface area contributed by atoms with Crippen LogP contribution in [0.2, 0.25) is 0 Å². The minimum Gasteiger partial charge on any atom is -0.459 e. The zero-order chi connectivity index (χ0) is 20.3. The number of hydrogen-bond acceptors (Lipinski definition) is 7. The van der Waals surface area contributed by atoms with E-state index in [9.17, 15) is 9.59 Å². The summed E-state index contributed by atoms with van der Waals surface area (Å²) in [6, 6.07) is 0.522. The van der Waals surface area contributed by atoms with Crippen LogP contribution in [-0.4, -0.2) is 54.3 Å². The Morgan fingerprint density at radius 2 is 2.00 bits per heavy atom. The molecule has 1 saturated carbocycles. The highest BCUT2D eigenvalue weighted by atomic mass is 32.1. The Kier molecular flexibility index (Phi) is 6.85. The van der Waals surface area contributed by atoms with Gasteiger partial charge in [-0.1, -0.05) is 6.92 Å². The van der Waals surface area contributed by atoms with Crippen molar-refractivity contribution in [3.05, 3.63) is 26.6 Å². The molecule has 2 heterocycles. The molecule has 0 amide bonds. The number of rotatable bonds is 7. The molecule has 2 aromatic heterocycles. The molecule has 0 saturated heterocycles. The highest BCUT2D eigenvalue weighted by Gasteiger charge is 2.24. The first-order valence-electron chi connectivity index (χ1n) is 9.79. The van der Waals surface area contributed by atoms with Gasteiger partial charge in [-0.2, -0.15) is 0 Å². The third-order valence-electron chi connectivity index (χ3n) is 5.56. The van der Waals surface area contributed by atoms with Crippen LogP contribution in [0.3, 0.4) is 0 Å². The Morgan fingerprint density at radius 3 is 2.68 bits per heavy atom. The summed E-state index contributed by atoms with van der Waals surface area (Å²) in [5, 5.41) is 0.474. The molecule has 8 heteroatoms. The second kappa shape index (κ2) is 9.15. The summed E-state index contributed by atoms with van der Waals surface area (Å²) in [7, 11) is 3.64. The van der Waals surface area contributed by atoms with E-state index >= 15 is 0 Å². The van der Waals surface area contributed by atoms with Crippen molar-refractivity contribution < 1.29 is 14.3 Å². The summed E-state index contributed by atoms with van der Waals surface area (Å²) in [4.78, 5) is 35.8. The summed E-state index contributed by atoms with van der Waals surface area (Å²) in [5.41, 5.74) is 0.424. The molecule has 3 rings (SSSR count). The van der Waals surface area contributed by atoms with Crippen molar-refractivity contribution in [3.8, 4) is 0 Å². The fraction of sp³-hybridized carbons (Fsp3) is 0.650. The molecule has 7 nitrogen and oxygen atoms in total. The van der Waals surface area contributed by atoms with Crippen LogP contribution in [0, 0.1) is 12.8 Å². The number of hydrogen-bond donors (Lipinski definition) is 1. The molecular weight excluding hydrogens is 378 g/mol. The Bertz CT molecular complexity index is 883. The van der Waals surface area contributed by atoms with Crippen molar-refractivity contribution >= 4 is 27.5 Å². The minimum absolute atomic E-state index is 0.183. The Labute approximate surface area is 169 Å². The first kappa shape index (κ1) is 21.0. The van der Waals surface area contributed by atoms with Gasteiger partial charge in [-0.3, -0.25) is 9.69 Å². The maximum Gasteiger partial charge on any atom is 0.348 e. The largest absolute Gasteiger partial charge is 0.459 e. The second-order valence-electron chi connectivity index (χ2n) is 7.71. The molecule has 1 N–H and O–H groups in total. The predicted octanol–water partition coefficient (Wildman–Crippen LogP) is 3.11. The highest BCUT2D eigenvalue weighted by Crippen LogP contribution is 2.29. The number of fused-ring (bicyclic) bond motifs is 1. The predicted molar refractivity (Wildman–Crippen MR) is 110 cm³/mol. The molecule has 0 aliphatic heterocycles. The van der Waals surface area contributed by atoms with Gasteiger partial charge >= 0.3 is 5.97 Å². The summed E-state index contributed by atoms with van der Waals surface area (Å²) in [5.74, 6) is 1.00. The molecular formula is C20H29N3O4S. The van der Waals surface area contributed by atoms with Crippen molar-refractivity contribution in [2.75, 3.05) is 27.4 Å². The van der Waals surface area contributed by atoms with Gasteiger partial charge in [-0.15, -0.1) is 11.3 Å². The van der Waals surface area contributed by atoms with Crippen molar-refractivity contribution in [2.24, 2.45) is 5.92 Å². The lowest BCUT2D eigenvalue weighted by atomic mass is 9.87. The number of nitrogens with one attached hydrogen (secondary N) is 1. The molecule has 1 fully saturated rings. The maximum atomic E-state index is 12.6. The number of ether oxygens (including phenoxy) is 2. The van der Waals surface area contributed by atoms with Crippen molar-refractivity contribution in [1.82, 2.24) is 14.9 Å². The van der Waals surface area contributed by atoms with E-state index in [4.69, 9.17) is 9.47 Å².